The predicted molar refractivity (Wildman–Crippen MR) is 246 cm³/mol. The fraction of sp³-hybridized carbons (Fsp3) is 0.222. The highest BCUT2D eigenvalue weighted by atomic mass is 28.3. The molecule has 1 aliphatic heterocycles. The van der Waals surface area contributed by atoms with Crippen LogP contribution in [-0.2, 0) is 10.8 Å². The Morgan fingerprint density at radius 2 is 1.07 bits per heavy atom. The smallest absolute Gasteiger partial charge is 0.179 e. The lowest BCUT2D eigenvalue weighted by Gasteiger charge is -2.50. The van der Waals surface area contributed by atoms with E-state index >= 15 is 0 Å². The standard InChI is InChI=1S/C54H52N2Si/c1-52(2,3)39-36-49-51(50(37-39)56-48-33-18-16-31-46(48)53(4)34-19-20-35-54(53,56)5)45-30-15-17-32-47(45)55(49)40-22-21-29-44(38-40)57(41-23-9-6-10-24-41,42-25-11-7-12-26-42)43-27-13-8-14-28-43/h6-18,21-33,36-38H,19-20,34-35H2,1-5H3. The molecular weight excluding hydrogens is 705 g/mol. The Morgan fingerprint density at radius 1 is 0.509 bits per heavy atom. The van der Waals surface area contributed by atoms with E-state index in [1.165, 1.54) is 96.4 Å². The van der Waals surface area contributed by atoms with Gasteiger partial charge in [-0.05, 0) is 93.5 Å². The molecule has 8 aromatic rings. The molecule has 2 nitrogen and oxygen atoms in total. The fourth-order valence-corrected chi connectivity index (χ4v) is 15.8. The molecule has 2 heterocycles. The molecule has 0 saturated heterocycles. The van der Waals surface area contributed by atoms with Crippen LogP contribution in [0, 0.1) is 0 Å². The van der Waals surface area contributed by atoms with E-state index in [1.54, 1.807) is 0 Å². The lowest BCUT2D eigenvalue weighted by Crippen LogP contribution is -2.74. The van der Waals surface area contributed by atoms with Gasteiger partial charge in [0, 0.05) is 27.6 Å². The van der Waals surface area contributed by atoms with Crippen molar-refractivity contribution < 1.29 is 0 Å². The first-order chi connectivity index (χ1) is 27.7. The van der Waals surface area contributed by atoms with Crippen LogP contribution in [0.3, 0.4) is 0 Å². The van der Waals surface area contributed by atoms with E-state index in [0.717, 1.165) is 0 Å². The highest BCUT2D eigenvalue weighted by Crippen LogP contribution is 2.62. The largest absolute Gasteiger partial charge is 0.334 e. The third-order valence-electron chi connectivity index (χ3n) is 14.0. The van der Waals surface area contributed by atoms with E-state index in [0.29, 0.717) is 0 Å². The Balaban J connectivity index is 1.30. The van der Waals surface area contributed by atoms with Gasteiger partial charge >= 0.3 is 0 Å². The first-order valence-electron chi connectivity index (χ1n) is 20.9. The summed E-state index contributed by atoms with van der Waals surface area (Å²) >= 11 is 0. The molecule has 1 aromatic heterocycles. The number of hydrogen-bond acceptors (Lipinski definition) is 1. The summed E-state index contributed by atoms with van der Waals surface area (Å²) in [5.74, 6) is 0. The lowest BCUT2D eigenvalue weighted by atomic mass is 9.61. The highest BCUT2D eigenvalue weighted by Gasteiger charge is 2.58. The molecule has 10 rings (SSSR count). The Bertz CT molecular complexity index is 2660. The minimum Gasteiger partial charge on any atom is -0.334 e. The number of para-hydroxylation sites is 2. The van der Waals surface area contributed by atoms with Gasteiger partial charge in [0.25, 0.3) is 0 Å². The van der Waals surface area contributed by atoms with Gasteiger partial charge < -0.3 is 9.47 Å². The average molecular weight is 757 g/mol. The summed E-state index contributed by atoms with van der Waals surface area (Å²) < 4.78 is 2.58. The van der Waals surface area contributed by atoms with Crippen LogP contribution in [0.15, 0.2) is 176 Å². The van der Waals surface area contributed by atoms with Crippen molar-refractivity contribution in [2.24, 2.45) is 0 Å². The molecule has 2 aliphatic rings. The monoisotopic (exact) mass is 756 g/mol. The minimum atomic E-state index is -2.75. The van der Waals surface area contributed by atoms with Gasteiger partial charge in [0.2, 0.25) is 0 Å². The van der Waals surface area contributed by atoms with E-state index < -0.39 is 8.07 Å². The molecule has 1 fully saturated rings. The molecule has 2 unspecified atom stereocenters. The predicted octanol–water partition coefficient (Wildman–Crippen LogP) is 11.2. The topological polar surface area (TPSA) is 8.17 Å². The summed E-state index contributed by atoms with van der Waals surface area (Å²) in [5, 5.41) is 8.17. The SMILES string of the molecule is CC(C)(C)c1cc(N2c3ccccc3C3(C)CCCCC23C)c2c3ccccc3n(-c3cccc([Si](c4ccccc4)(c4ccccc4)c4ccccc4)c3)c2c1. The van der Waals surface area contributed by atoms with Crippen LogP contribution < -0.4 is 25.6 Å². The van der Waals surface area contributed by atoms with Gasteiger partial charge in [-0.3, -0.25) is 0 Å². The molecular formula is C54H52N2Si. The quantitative estimate of drug-likeness (QED) is 0.121. The second-order valence-corrected chi connectivity index (χ2v) is 21.9. The summed E-state index contributed by atoms with van der Waals surface area (Å²) in [7, 11) is -2.75. The van der Waals surface area contributed by atoms with Crippen molar-refractivity contribution in [2.75, 3.05) is 4.90 Å². The van der Waals surface area contributed by atoms with E-state index in [4.69, 9.17) is 0 Å². The van der Waals surface area contributed by atoms with Gasteiger partial charge in [-0.1, -0.05) is 180 Å². The van der Waals surface area contributed by atoms with Crippen molar-refractivity contribution >= 4 is 62.0 Å². The summed E-state index contributed by atoms with van der Waals surface area (Å²) in [6.07, 6.45) is 4.92. The molecule has 1 aliphatic carbocycles. The van der Waals surface area contributed by atoms with Crippen LogP contribution in [0.25, 0.3) is 27.5 Å². The number of fused-ring (bicyclic) bond motifs is 6. The maximum atomic E-state index is 2.80. The van der Waals surface area contributed by atoms with Gasteiger partial charge in [0.1, 0.15) is 0 Å². The van der Waals surface area contributed by atoms with E-state index in [2.05, 4.69) is 220 Å². The van der Waals surface area contributed by atoms with Crippen molar-refractivity contribution in [1.82, 2.24) is 4.57 Å². The molecule has 2 atom stereocenters. The molecule has 57 heavy (non-hydrogen) atoms. The van der Waals surface area contributed by atoms with Crippen LogP contribution >= 0.6 is 0 Å². The lowest BCUT2D eigenvalue weighted by molar-refractivity contribution is 0.195. The zero-order valence-corrected chi connectivity index (χ0v) is 35.0. The molecule has 7 aromatic carbocycles. The van der Waals surface area contributed by atoms with Crippen LogP contribution in [0.1, 0.15) is 71.4 Å². The Labute approximate surface area is 339 Å². The van der Waals surface area contributed by atoms with Gasteiger partial charge in [0.15, 0.2) is 8.07 Å². The first kappa shape index (κ1) is 35.7. The zero-order valence-electron chi connectivity index (χ0n) is 34.0. The third-order valence-corrected chi connectivity index (χ3v) is 18.8. The Hall–Kier alpha value is -5.64. The van der Waals surface area contributed by atoms with Crippen LogP contribution in [0.2, 0.25) is 0 Å². The third kappa shape index (κ3) is 5.21. The van der Waals surface area contributed by atoms with E-state index in [9.17, 15) is 0 Å². The van der Waals surface area contributed by atoms with Gasteiger partial charge in [-0.15, -0.1) is 0 Å². The number of aromatic nitrogens is 1. The summed E-state index contributed by atoms with van der Waals surface area (Å²) in [5.41, 5.74) is 9.25. The molecule has 3 heteroatoms. The maximum absolute atomic E-state index is 2.80. The van der Waals surface area contributed by atoms with Crippen molar-refractivity contribution in [2.45, 2.75) is 76.7 Å². The first-order valence-corrected chi connectivity index (χ1v) is 22.9. The second kappa shape index (κ2) is 13.2. The van der Waals surface area contributed by atoms with E-state index in [-0.39, 0.29) is 16.4 Å². The molecule has 0 bridgehead atoms. The van der Waals surface area contributed by atoms with Crippen molar-refractivity contribution in [3.8, 4) is 5.69 Å². The number of benzene rings is 7. The highest BCUT2D eigenvalue weighted by molar-refractivity contribution is 7.19. The summed E-state index contributed by atoms with van der Waals surface area (Å²) in [6.45, 7) is 12.2. The minimum absolute atomic E-state index is 0.0479. The van der Waals surface area contributed by atoms with Gasteiger partial charge in [-0.25, -0.2) is 0 Å². The molecule has 0 amide bonds. The second-order valence-electron chi connectivity index (χ2n) is 18.1. The van der Waals surface area contributed by atoms with E-state index in [1.807, 2.05) is 0 Å². The molecule has 0 N–H and O–H groups in total. The van der Waals surface area contributed by atoms with Crippen molar-refractivity contribution in [1.29, 1.82) is 0 Å². The number of rotatable bonds is 6. The Kier molecular flexibility index (Phi) is 8.29. The summed E-state index contributed by atoms with van der Waals surface area (Å²) in [6, 6.07) is 66.9. The zero-order chi connectivity index (χ0) is 39.0. The summed E-state index contributed by atoms with van der Waals surface area (Å²) in [4.78, 5) is 2.80. The molecule has 282 valence electrons. The number of nitrogens with zero attached hydrogens (tertiary/aromatic N) is 2. The Morgan fingerprint density at radius 3 is 1.72 bits per heavy atom. The number of hydrogen-bond donors (Lipinski definition) is 0. The van der Waals surface area contributed by atoms with Crippen molar-refractivity contribution in [3.05, 3.63) is 187 Å². The average Bonchev–Trinajstić information content (AvgIpc) is 3.68. The van der Waals surface area contributed by atoms with Gasteiger partial charge in [0.05, 0.1) is 22.3 Å². The molecule has 0 spiro atoms. The number of anilines is 2. The maximum Gasteiger partial charge on any atom is 0.179 e. The van der Waals surface area contributed by atoms with Crippen molar-refractivity contribution in [3.63, 3.8) is 0 Å². The van der Waals surface area contributed by atoms with Crippen LogP contribution in [0.5, 0.6) is 0 Å². The van der Waals surface area contributed by atoms with Crippen LogP contribution in [-0.4, -0.2) is 18.2 Å². The molecule has 1 saturated carbocycles. The molecule has 0 radical (unpaired) electrons. The normalized spacial score (nSPS) is 19.5. The van der Waals surface area contributed by atoms with Crippen LogP contribution in [0.4, 0.5) is 11.4 Å². The fourth-order valence-electron chi connectivity index (χ4n) is 11.0. The van der Waals surface area contributed by atoms with Gasteiger partial charge in [-0.2, -0.15) is 0 Å².